The summed E-state index contributed by atoms with van der Waals surface area (Å²) >= 11 is 5.16. The van der Waals surface area contributed by atoms with Gasteiger partial charge in [-0.05, 0) is 35.3 Å². The number of carbonyl (C=O) groups excluding carboxylic acids is 1. The molecule has 0 saturated carbocycles. The van der Waals surface area contributed by atoms with Crippen LogP contribution in [0.4, 0.5) is 0 Å². The number of thiophene rings is 1. The van der Waals surface area contributed by atoms with E-state index in [-0.39, 0.29) is 11.9 Å². The zero-order valence-electron chi connectivity index (χ0n) is 13.1. The summed E-state index contributed by atoms with van der Waals surface area (Å²) in [6.07, 6.45) is 1.55. The molecule has 2 heterocycles. The van der Waals surface area contributed by atoms with Crippen LogP contribution in [0, 0.1) is 0 Å². The van der Waals surface area contributed by atoms with E-state index in [2.05, 4.69) is 49.9 Å². The lowest BCUT2D eigenvalue weighted by Gasteiger charge is -2.18. The molecule has 1 aliphatic rings. The smallest absolute Gasteiger partial charge is 0.222 e. The fraction of sp³-hybridized carbons (Fsp3) is 0.600. The van der Waals surface area contributed by atoms with Crippen LogP contribution in [-0.4, -0.2) is 42.4 Å². The second-order valence-corrected chi connectivity index (χ2v) is 7.16. The Kier molecular flexibility index (Phi) is 6.70. The van der Waals surface area contributed by atoms with E-state index in [1.807, 2.05) is 11.8 Å². The van der Waals surface area contributed by atoms with Crippen LogP contribution in [0.15, 0.2) is 20.9 Å². The highest BCUT2D eigenvalue weighted by Crippen LogP contribution is 2.20. The summed E-state index contributed by atoms with van der Waals surface area (Å²) in [6, 6.07) is 2.37. The van der Waals surface area contributed by atoms with E-state index in [1.165, 1.54) is 4.88 Å². The van der Waals surface area contributed by atoms with Crippen LogP contribution in [0.2, 0.25) is 0 Å². The molecule has 0 spiro atoms. The number of amides is 1. The van der Waals surface area contributed by atoms with Crippen molar-refractivity contribution in [2.45, 2.75) is 39.3 Å². The maximum Gasteiger partial charge on any atom is 0.222 e. The molecule has 2 N–H and O–H groups in total. The molecule has 0 bridgehead atoms. The minimum Gasteiger partial charge on any atom is -0.357 e. The van der Waals surface area contributed by atoms with Crippen molar-refractivity contribution in [3.8, 4) is 0 Å². The minimum atomic E-state index is 0.231. The molecule has 122 valence electrons. The average Bonchev–Trinajstić information content (AvgIpc) is 3.13. The van der Waals surface area contributed by atoms with E-state index in [0.717, 1.165) is 36.5 Å². The van der Waals surface area contributed by atoms with E-state index in [9.17, 15) is 4.79 Å². The number of likely N-dealkylation sites (tertiary alicyclic amines) is 1. The first-order chi connectivity index (χ1) is 10.6. The number of halogens is 1. The molecule has 7 heteroatoms. The fourth-order valence-electron chi connectivity index (χ4n) is 2.44. The normalized spacial score (nSPS) is 18.6. The molecule has 0 radical (unpaired) electrons. The highest BCUT2D eigenvalue weighted by atomic mass is 79.9. The van der Waals surface area contributed by atoms with Crippen LogP contribution in [0.5, 0.6) is 0 Å². The lowest BCUT2D eigenvalue weighted by molar-refractivity contribution is -0.129. The molecule has 1 atom stereocenters. The van der Waals surface area contributed by atoms with E-state index in [0.29, 0.717) is 13.0 Å². The molecule has 5 nitrogen and oxygen atoms in total. The fourth-order valence-corrected chi connectivity index (χ4v) is 3.81. The monoisotopic (exact) mass is 386 g/mol. The van der Waals surface area contributed by atoms with Crippen molar-refractivity contribution in [2.75, 3.05) is 19.6 Å². The largest absolute Gasteiger partial charge is 0.357 e. The Hall–Kier alpha value is -1.08. The summed E-state index contributed by atoms with van der Waals surface area (Å²) in [5, 5.41) is 8.78. The molecule has 1 aliphatic heterocycles. The van der Waals surface area contributed by atoms with Gasteiger partial charge < -0.3 is 15.5 Å². The predicted octanol–water partition coefficient (Wildman–Crippen LogP) is 2.58. The number of aliphatic imine (C=N–C) groups is 1. The van der Waals surface area contributed by atoms with Gasteiger partial charge in [-0.1, -0.05) is 6.92 Å². The Balaban J connectivity index is 1.90. The Morgan fingerprint density at radius 2 is 2.36 bits per heavy atom. The van der Waals surface area contributed by atoms with Gasteiger partial charge in [0, 0.05) is 46.8 Å². The van der Waals surface area contributed by atoms with Gasteiger partial charge >= 0.3 is 0 Å². The third-order valence-corrected chi connectivity index (χ3v) is 5.23. The van der Waals surface area contributed by atoms with Crippen LogP contribution in [0.3, 0.4) is 0 Å². The lowest BCUT2D eigenvalue weighted by atomic mass is 10.3. The number of carbonyl (C=O) groups is 1. The van der Waals surface area contributed by atoms with E-state index in [1.54, 1.807) is 11.3 Å². The van der Waals surface area contributed by atoms with Gasteiger partial charge in [-0.2, -0.15) is 0 Å². The van der Waals surface area contributed by atoms with Crippen molar-refractivity contribution < 1.29 is 4.79 Å². The summed E-state index contributed by atoms with van der Waals surface area (Å²) in [7, 11) is 0. The topological polar surface area (TPSA) is 56.7 Å². The molecular formula is C15H23BrN4OS. The number of nitrogens with zero attached hydrogens (tertiary/aromatic N) is 2. The molecule has 1 aromatic rings. The Labute approximate surface area is 144 Å². The van der Waals surface area contributed by atoms with E-state index in [4.69, 9.17) is 0 Å². The summed E-state index contributed by atoms with van der Waals surface area (Å²) in [4.78, 5) is 19.5. The molecule has 1 unspecified atom stereocenters. The van der Waals surface area contributed by atoms with Crippen molar-refractivity contribution >= 4 is 39.1 Å². The van der Waals surface area contributed by atoms with Crippen molar-refractivity contribution in [3.63, 3.8) is 0 Å². The van der Waals surface area contributed by atoms with Crippen LogP contribution < -0.4 is 10.6 Å². The first-order valence-corrected chi connectivity index (χ1v) is 9.35. The van der Waals surface area contributed by atoms with Crippen LogP contribution in [0.1, 0.15) is 31.6 Å². The van der Waals surface area contributed by atoms with Crippen molar-refractivity contribution in [3.05, 3.63) is 20.8 Å². The van der Waals surface area contributed by atoms with Crippen molar-refractivity contribution in [2.24, 2.45) is 4.99 Å². The van der Waals surface area contributed by atoms with Crippen LogP contribution in [-0.2, 0) is 11.3 Å². The van der Waals surface area contributed by atoms with Gasteiger partial charge in [0.1, 0.15) is 0 Å². The van der Waals surface area contributed by atoms with Gasteiger partial charge in [-0.3, -0.25) is 4.79 Å². The van der Waals surface area contributed by atoms with E-state index >= 15 is 0 Å². The van der Waals surface area contributed by atoms with Gasteiger partial charge in [-0.15, -0.1) is 11.3 Å². The average molecular weight is 387 g/mol. The third-order valence-electron chi connectivity index (χ3n) is 3.54. The van der Waals surface area contributed by atoms with Gasteiger partial charge in [0.25, 0.3) is 0 Å². The first-order valence-electron chi connectivity index (χ1n) is 7.67. The zero-order chi connectivity index (χ0) is 15.9. The Morgan fingerprint density at radius 1 is 1.55 bits per heavy atom. The second-order valence-electron chi connectivity index (χ2n) is 5.25. The number of rotatable bonds is 5. The first kappa shape index (κ1) is 17.3. The highest BCUT2D eigenvalue weighted by Gasteiger charge is 2.25. The molecule has 1 amide bonds. The van der Waals surface area contributed by atoms with Crippen molar-refractivity contribution in [1.82, 2.24) is 15.5 Å². The summed E-state index contributed by atoms with van der Waals surface area (Å²) in [5.74, 6) is 1.05. The Morgan fingerprint density at radius 3 is 3.00 bits per heavy atom. The van der Waals surface area contributed by atoms with Crippen molar-refractivity contribution in [1.29, 1.82) is 0 Å². The molecule has 22 heavy (non-hydrogen) atoms. The SMILES string of the molecule is CCNC(=NCc1cc(Br)cs1)NC1CCN(C(=O)CC)C1. The third kappa shape index (κ3) is 4.98. The second kappa shape index (κ2) is 8.53. The Bertz CT molecular complexity index is 531. The number of hydrogen-bond acceptors (Lipinski definition) is 3. The summed E-state index contributed by atoms with van der Waals surface area (Å²) in [5.41, 5.74) is 0. The molecular weight excluding hydrogens is 364 g/mol. The quantitative estimate of drug-likeness (QED) is 0.603. The number of hydrogen-bond donors (Lipinski definition) is 2. The molecule has 1 aromatic heterocycles. The molecule has 0 aromatic carbocycles. The summed E-state index contributed by atoms with van der Waals surface area (Å²) < 4.78 is 1.10. The number of nitrogens with one attached hydrogen (secondary N) is 2. The minimum absolute atomic E-state index is 0.231. The van der Waals surface area contributed by atoms with Crippen LogP contribution in [0.25, 0.3) is 0 Å². The van der Waals surface area contributed by atoms with Gasteiger partial charge in [-0.25, -0.2) is 4.99 Å². The standard InChI is InChI=1S/C15H23BrN4OS/c1-3-14(21)20-6-5-12(9-20)19-15(17-4-2)18-8-13-7-11(16)10-22-13/h7,10,12H,3-6,8-9H2,1-2H3,(H2,17,18,19). The zero-order valence-corrected chi connectivity index (χ0v) is 15.5. The maximum absolute atomic E-state index is 11.7. The highest BCUT2D eigenvalue weighted by molar-refractivity contribution is 9.10. The molecule has 1 saturated heterocycles. The number of guanidine groups is 1. The van der Waals surface area contributed by atoms with Gasteiger partial charge in [0.05, 0.1) is 6.54 Å². The summed E-state index contributed by atoms with van der Waals surface area (Å²) in [6.45, 7) is 7.05. The van der Waals surface area contributed by atoms with Gasteiger partial charge in [0.15, 0.2) is 5.96 Å². The lowest BCUT2D eigenvalue weighted by Crippen LogP contribution is -2.45. The molecule has 2 rings (SSSR count). The maximum atomic E-state index is 11.7. The molecule has 1 fully saturated rings. The molecule has 0 aliphatic carbocycles. The predicted molar refractivity (Wildman–Crippen MR) is 95.2 cm³/mol. The van der Waals surface area contributed by atoms with Crippen LogP contribution >= 0.6 is 27.3 Å². The van der Waals surface area contributed by atoms with E-state index < -0.39 is 0 Å². The van der Waals surface area contributed by atoms with Gasteiger partial charge in [0.2, 0.25) is 5.91 Å².